The molecule has 0 bridgehead atoms. The number of phenolic OH excluding ortho intramolecular Hbond substituents is 1. The van der Waals surface area contributed by atoms with Gasteiger partial charge in [0.1, 0.15) is 11.3 Å². The number of anilines is 1. The minimum atomic E-state index is -0.554. The van der Waals surface area contributed by atoms with Crippen molar-refractivity contribution >= 4 is 27.6 Å². The van der Waals surface area contributed by atoms with Gasteiger partial charge in [-0.3, -0.25) is 0 Å². The van der Waals surface area contributed by atoms with Crippen molar-refractivity contribution in [1.29, 1.82) is 0 Å². The highest BCUT2D eigenvalue weighted by Gasteiger charge is 2.11. The quantitative estimate of drug-likeness (QED) is 0.839. The zero-order chi connectivity index (χ0) is 14.5. The van der Waals surface area contributed by atoms with Gasteiger partial charge in [-0.1, -0.05) is 28.1 Å². The van der Waals surface area contributed by atoms with E-state index in [4.69, 9.17) is 0 Å². The summed E-state index contributed by atoms with van der Waals surface area (Å²) in [6.07, 6.45) is 0. The molecule has 0 saturated heterocycles. The van der Waals surface area contributed by atoms with E-state index in [1.54, 1.807) is 6.07 Å². The van der Waals surface area contributed by atoms with Gasteiger partial charge in [0.05, 0.1) is 7.11 Å². The molecule has 0 aliphatic carbocycles. The van der Waals surface area contributed by atoms with E-state index in [0.717, 1.165) is 15.7 Å². The summed E-state index contributed by atoms with van der Waals surface area (Å²) in [6, 6.07) is 12.7. The number of rotatable bonds is 4. The Morgan fingerprint density at radius 3 is 2.55 bits per heavy atom. The third-order valence-electron chi connectivity index (χ3n) is 2.81. The zero-order valence-electron chi connectivity index (χ0n) is 10.9. The molecule has 2 rings (SSSR count). The molecular formula is C15H14BrNO3. The van der Waals surface area contributed by atoms with E-state index in [0.29, 0.717) is 6.54 Å². The summed E-state index contributed by atoms with van der Waals surface area (Å²) in [5.41, 5.74) is 2.00. The minimum Gasteiger partial charge on any atom is -0.507 e. The average Bonchev–Trinajstić information content (AvgIpc) is 2.46. The maximum Gasteiger partial charge on any atom is 0.341 e. The molecule has 4 nitrogen and oxygen atoms in total. The molecule has 0 unspecified atom stereocenters. The molecule has 0 aliphatic rings. The third-order valence-corrected chi connectivity index (χ3v) is 3.34. The van der Waals surface area contributed by atoms with Crippen molar-refractivity contribution < 1.29 is 14.6 Å². The van der Waals surface area contributed by atoms with Crippen molar-refractivity contribution in [2.75, 3.05) is 12.4 Å². The van der Waals surface area contributed by atoms with E-state index in [1.165, 1.54) is 19.2 Å². The molecule has 0 heterocycles. The van der Waals surface area contributed by atoms with Crippen LogP contribution in [0, 0.1) is 0 Å². The summed E-state index contributed by atoms with van der Waals surface area (Å²) in [5.74, 6) is -0.653. The van der Waals surface area contributed by atoms with Gasteiger partial charge in [0.15, 0.2) is 0 Å². The van der Waals surface area contributed by atoms with Gasteiger partial charge < -0.3 is 15.2 Å². The number of carbonyl (C=O) groups excluding carboxylic acids is 1. The molecule has 0 amide bonds. The van der Waals surface area contributed by atoms with Gasteiger partial charge in [-0.15, -0.1) is 0 Å². The van der Waals surface area contributed by atoms with E-state index in [-0.39, 0.29) is 11.3 Å². The highest BCUT2D eigenvalue weighted by molar-refractivity contribution is 9.10. The first-order valence-electron chi connectivity index (χ1n) is 6.00. The molecule has 0 atom stereocenters. The molecule has 20 heavy (non-hydrogen) atoms. The SMILES string of the molecule is COC(=O)c1ccc(NCc2ccc(Br)cc2)cc1O. The van der Waals surface area contributed by atoms with Crippen molar-refractivity contribution in [3.8, 4) is 5.75 Å². The highest BCUT2D eigenvalue weighted by atomic mass is 79.9. The van der Waals surface area contributed by atoms with Gasteiger partial charge in [-0.25, -0.2) is 4.79 Å². The van der Waals surface area contributed by atoms with Crippen molar-refractivity contribution in [3.05, 3.63) is 58.1 Å². The number of halogens is 1. The first-order chi connectivity index (χ1) is 9.60. The van der Waals surface area contributed by atoms with Crippen LogP contribution in [0.3, 0.4) is 0 Å². The predicted octanol–water partition coefficient (Wildman–Crippen LogP) is 3.55. The Morgan fingerprint density at radius 1 is 1.25 bits per heavy atom. The average molecular weight is 336 g/mol. The Kier molecular flexibility index (Phi) is 4.63. The molecular weight excluding hydrogens is 322 g/mol. The predicted molar refractivity (Wildman–Crippen MR) is 80.9 cm³/mol. The fourth-order valence-corrected chi connectivity index (χ4v) is 1.99. The summed E-state index contributed by atoms with van der Waals surface area (Å²) in [6.45, 7) is 0.629. The van der Waals surface area contributed by atoms with Gasteiger partial charge in [0.2, 0.25) is 0 Å². The van der Waals surface area contributed by atoms with Crippen LogP contribution in [0.25, 0.3) is 0 Å². The fraction of sp³-hybridized carbons (Fsp3) is 0.133. The summed E-state index contributed by atoms with van der Waals surface area (Å²) in [7, 11) is 1.28. The first-order valence-corrected chi connectivity index (χ1v) is 6.79. The summed E-state index contributed by atoms with van der Waals surface area (Å²) >= 11 is 3.38. The largest absolute Gasteiger partial charge is 0.507 e. The number of hydrogen-bond donors (Lipinski definition) is 2. The molecule has 0 aromatic heterocycles. The second-order valence-electron chi connectivity index (χ2n) is 4.20. The van der Waals surface area contributed by atoms with Crippen LogP contribution in [-0.4, -0.2) is 18.2 Å². The number of carbonyl (C=O) groups is 1. The maximum absolute atomic E-state index is 11.3. The molecule has 0 saturated carbocycles. The smallest absolute Gasteiger partial charge is 0.341 e. The van der Waals surface area contributed by atoms with Gasteiger partial charge >= 0.3 is 5.97 Å². The van der Waals surface area contributed by atoms with Gasteiger partial charge in [-0.2, -0.15) is 0 Å². The fourth-order valence-electron chi connectivity index (χ4n) is 1.73. The van der Waals surface area contributed by atoms with Gasteiger partial charge in [0.25, 0.3) is 0 Å². The van der Waals surface area contributed by atoms with Crippen LogP contribution in [0.2, 0.25) is 0 Å². The Hall–Kier alpha value is -2.01. The van der Waals surface area contributed by atoms with Gasteiger partial charge in [0, 0.05) is 22.8 Å². The van der Waals surface area contributed by atoms with Crippen LogP contribution in [-0.2, 0) is 11.3 Å². The summed E-state index contributed by atoms with van der Waals surface area (Å²) in [5, 5.41) is 13.0. The number of nitrogens with one attached hydrogen (secondary N) is 1. The van der Waals surface area contributed by atoms with Crippen LogP contribution in [0.5, 0.6) is 5.75 Å². The van der Waals surface area contributed by atoms with E-state index >= 15 is 0 Å². The summed E-state index contributed by atoms with van der Waals surface area (Å²) < 4.78 is 5.60. The first kappa shape index (κ1) is 14.4. The molecule has 0 radical (unpaired) electrons. The lowest BCUT2D eigenvalue weighted by Gasteiger charge is -2.09. The Balaban J connectivity index is 2.05. The topological polar surface area (TPSA) is 58.6 Å². The number of phenols is 1. The molecule has 0 spiro atoms. The Labute approximate surface area is 125 Å². The molecule has 2 aromatic carbocycles. The van der Waals surface area contributed by atoms with E-state index in [1.807, 2.05) is 24.3 Å². The van der Waals surface area contributed by atoms with Crippen LogP contribution in [0.15, 0.2) is 46.9 Å². The molecule has 104 valence electrons. The number of aromatic hydroxyl groups is 1. The van der Waals surface area contributed by atoms with Crippen molar-refractivity contribution in [2.24, 2.45) is 0 Å². The van der Waals surface area contributed by atoms with E-state index in [2.05, 4.69) is 26.0 Å². The molecule has 2 aromatic rings. The lowest BCUT2D eigenvalue weighted by molar-refractivity contribution is 0.0597. The van der Waals surface area contributed by atoms with Crippen LogP contribution in [0.4, 0.5) is 5.69 Å². The number of ether oxygens (including phenoxy) is 1. The number of hydrogen-bond acceptors (Lipinski definition) is 4. The molecule has 2 N–H and O–H groups in total. The normalized spacial score (nSPS) is 10.1. The van der Waals surface area contributed by atoms with Gasteiger partial charge in [-0.05, 0) is 29.8 Å². The molecule has 0 fully saturated rings. The second-order valence-corrected chi connectivity index (χ2v) is 5.12. The third kappa shape index (κ3) is 3.51. The van der Waals surface area contributed by atoms with Crippen molar-refractivity contribution in [1.82, 2.24) is 0 Å². The monoisotopic (exact) mass is 335 g/mol. The van der Waals surface area contributed by atoms with Crippen LogP contribution < -0.4 is 5.32 Å². The molecule has 5 heteroatoms. The minimum absolute atomic E-state index is 0.0994. The number of benzene rings is 2. The zero-order valence-corrected chi connectivity index (χ0v) is 12.5. The van der Waals surface area contributed by atoms with Crippen LogP contribution in [0.1, 0.15) is 15.9 Å². The van der Waals surface area contributed by atoms with E-state index in [9.17, 15) is 9.90 Å². The lowest BCUT2D eigenvalue weighted by atomic mass is 10.1. The number of methoxy groups -OCH3 is 1. The van der Waals surface area contributed by atoms with Crippen LogP contribution >= 0.6 is 15.9 Å². The van der Waals surface area contributed by atoms with Crippen molar-refractivity contribution in [3.63, 3.8) is 0 Å². The van der Waals surface area contributed by atoms with E-state index < -0.39 is 5.97 Å². The summed E-state index contributed by atoms with van der Waals surface area (Å²) in [4.78, 5) is 11.3. The lowest BCUT2D eigenvalue weighted by Crippen LogP contribution is -2.03. The maximum atomic E-state index is 11.3. The second kappa shape index (κ2) is 6.43. The molecule has 0 aliphatic heterocycles. The Bertz CT molecular complexity index is 611. The Morgan fingerprint density at radius 2 is 1.95 bits per heavy atom. The highest BCUT2D eigenvalue weighted by Crippen LogP contribution is 2.23. The van der Waals surface area contributed by atoms with Crippen molar-refractivity contribution in [2.45, 2.75) is 6.54 Å². The standard InChI is InChI=1S/C15H14BrNO3/c1-20-15(19)13-7-6-12(8-14(13)18)17-9-10-2-4-11(16)5-3-10/h2-8,17-18H,9H2,1H3. The number of esters is 1.